The summed E-state index contributed by atoms with van der Waals surface area (Å²) in [5.41, 5.74) is 1.21. The SMILES string of the molecule is Cc1cc(C(=O)N2CCN(CC(F)(F)F)CC2)n(C)n1. The number of aromatic nitrogens is 2. The normalized spacial score (nSPS) is 17.6. The molecule has 0 unspecified atom stereocenters. The zero-order chi connectivity index (χ0) is 14.9. The first-order valence-electron chi connectivity index (χ1n) is 6.35. The minimum atomic E-state index is -4.19. The maximum absolute atomic E-state index is 12.3. The zero-order valence-corrected chi connectivity index (χ0v) is 11.4. The summed E-state index contributed by atoms with van der Waals surface area (Å²) in [6.07, 6.45) is -4.19. The molecule has 0 saturated carbocycles. The van der Waals surface area contributed by atoms with E-state index in [1.807, 2.05) is 0 Å². The Bertz CT molecular complexity index is 489. The second-order valence-electron chi connectivity index (χ2n) is 4.98. The van der Waals surface area contributed by atoms with Crippen molar-refractivity contribution >= 4 is 5.91 Å². The van der Waals surface area contributed by atoms with E-state index in [2.05, 4.69) is 5.10 Å². The fourth-order valence-electron chi connectivity index (χ4n) is 2.34. The predicted octanol–water partition coefficient (Wildman–Crippen LogP) is 1.05. The molecule has 1 amide bonds. The van der Waals surface area contributed by atoms with Gasteiger partial charge in [-0.05, 0) is 13.0 Å². The van der Waals surface area contributed by atoms with Gasteiger partial charge in [-0.2, -0.15) is 18.3 Å². The Morgan fingerprint density at radius 3 is 2.35 bits per heavy atom. The highest BCUT2D eigenvalue weighted by atomic mass is 19.4. The molecule has 2 rings (SSSR count). The van der Waals surface area contributed by atoms with Crippen molar-refractivity contribution in [2.75, 3.05) is 32.7 Å². The van der Waals surface area contributed by atoms with E-state index in [1.54, 1.807) is 24.9 Å². The van der Waals surface area contributed by atoms with E-state index in [1.165, 1.54) is 9.58 Å². The van der Waals surface area contributed by atoms with Gasteiger partial charge in [0.15, 0.2) is 0 Å². The summed E-state index contributed by atoms with van der Waals surface area (Å²) in [4.78, 5) is 15.1. The van der Waals surface area contributed by atoms with Crippen LogP contribution in [0.5, 0.6) is 0 Å². The van der Waals surface area contributed by atoms with Gasteiger partial charge in [-0.3, -0.25) is 14.4 Å². The van der Waals surface area contributed by atoms with Gasteiger partial charge in [0, 0.05) is 33.2 Å². The Kier molecular flexibility index (Phi) is 4.03. The van der Waals surface area contributed by atoms with Gasteiger partial charge in [-0.25, -0.2) is 0 Å². The minimum Gasteiger partial charge on any atom is -0.335 e. The van der Waals surface area contributed by atoms with Crippen LogP contribution < -0.4 is 0 Å². The standard InChI is InChI=1S/C12H17F3N4O/c1-9-7-10(17(2)16-9)11(20)19-5-3-18(4-6-19)8-12(13,14)15/h7H,3-6,8H2,1-2H3. The molecule has 2 heterocycles. The topological polar surface area (TPSA) is 41.4 Å². The number of alkyl halides is 3. The summed E-state index contributed by atoms with van der Waals surface area (Å²) < 4.78 is 38.3. The lowest BCUT2D eigenvalue weighted by molar-refractivity contribution is -0.148. The van der Waals surface area contributed by atoms with E-state index < -0.39 is 12.7 Å². The number of halogens is 3. The maximum atomic E-state index is 12.3. The first-order chi connectivity index (χ1) is 9.26. The Morgan fingerprint density at radius 2 is 1.90 bits per heavy atom. The van der Waals surface area contributed by atoms with E-state index in [0.29, 0.717) is 18.8 Å². The molecule has 5 nitrogen and oxygen atoms in total. The summed E-state index contributed by atoms with van der Waals surface area (Å²) in [7, 11) is 1.68. The van der Waals surface area contributed by atoms with Crippen molar-refractivity contribution in [3.05, 3.63) is 17.5 Å². The summed E-state index contributed by atoms with van der Waals surface area (Å²) in [5.74, 6) is -0.181. The molecule has 0 atom stereocenters. The molecular weight excluding hydrogens is 273 g/mol. The lowest BCUT2D eigenvalue weighted by Crippen LogP contribution is -2.51. The zero-order valence-electron chi connectivity index (χ0n) is 11.4. The number of aryl methyl sites for hydroxylation is 2. The van der Waals surface area contributed by atoms with Crippen LogP contribution >= 0.6 is 0 Å². The number of amides is 1. The summed E-state index contributed by atoms with van der Waals surface area (Å²) in [6.45, 7) is 1.96. The quantitative estimate of drug-likeness (QED) is 0.817. The number of carbonyl (C=O) groups excluding carboxylic acids is 1. The highest BCUT2D eigenvalue weighted by Crippen LogP contribution is 2.18. The van der Waals surface area contributed by atoms with Crippen molar-refractivity contribution in [2.24, 2.45) is 7.05 Å². The maximum Gasteiger partial charge on any atom is 0.401 e. The number of hydrogen-bond donors (Lipinski definition) is 0. The van der Waals surface area contributed by atoms with Gasteiger partial charge in [0.25, 0.3) is 5.91 Å². The third-order valence-corrected chi connectivity index (χ3v) is 3.28. The second kappa shape index (κ2) is 5.43. The van der Waals surface area contributed by atoms with E-state index in [9.17, 15) is 18.0 Å². The molecule has 1 aliphatic heterocycles. The molecule has 0 aliphatic carbocycles. The van der Waals surface area contributed by atoms with Crippen molar-refractivity contribution in [1.82, 2.24) is 19.6 Å². The summed E-state index contributed by atoms with van der Waals surface area (Å²) in [5, 5.41) is 4.10. The van der Waals surface area contributed by atoms with Crippen molar-refractivity contribution < 1.29 is 18.0 Å². The Labute approximate surface area is 114 Å². The average Bonchev–Trinajstić information content (AvgIpc) is 2.66. The molecule has 1 fully saturated rings. The van der Waals surface area contributed by atoms with Gasteiger partial charge < -0.3 is 4.90 Å². The van der Waals surface area contributed by atoms with Crippen LogP contribution in [-0.2, 0) is 7.05 Å². The number of piperazine rings is 1. The molecule has 20 heavy (non-hydrogen) atoms. The molecule has 1 aliphatic rings. The molecule has 0 N–H and O–H groups in total. The highest BCUT2D eigenvalue weighted by Gasteiger charge is 2.33. The van der Waals surface area contributed by atoms with Gasteiger partial charge in [0.05, 0.1) is 12.2 Å². The number of rotatable bonds is 2. The Morgan fingerprint density at radius 1 is 1.30 bits per heavy atom. The Balaban J connectivity index is 1.94. The van der Waals surface area contributed by atoms with Crippen LogP contribution in [0.15, 0.2) is 6.07 Å². The molecule has 1 aromatic rings. The van der Waals surface area contributed by atoms with Crippen LogP contribution in [0.4, 0.5) is 13.2 Å². The minimum absolute atomic E-state index is 0.181. The van der Waals surface area contributed by atoms with E-state index >= 15 is 0 Å². The molecule has 0 bridgehead atoms. The number of hydrogen-bond acceptors (Lipinski definition) is 3. The largest absolute Gasteiger partial charge is 0.401 e. The van der Waals surface area contributed by atoms with Gasteiger partial charge in [-0.15, -0.1) is 0 Å². The van der Waals surface area contributed by atoms with Crippen molar-refractivity contribution in [3.63, 3.8) is 0 Å². The fraction of sp³-hybridized carbons (Fsp3) is 0.667. The molecule has 0 aromatic carbocycles. The van der Waals surface area contributed by atoms with Crippen LogP contribution in [0.3, 0.4) is 0 Å². The molecule has 0 radical (unpaired) electrons. The van der Waals surface area contributed by atoms with Gasteiger partial charge in [0.2, 0.25) is 0 Å². The van der Waals surface area contributed by atoms with Crippen molar-refractivity contribution in [1.29, 1.82) is 0 Å². The van der Waals surface area contributed by atoms with Crippen LogP contribution in [0.1, 0.15) is 16.2 Å². The van der Waals surface area contributed by atoms with Gasteiger partial charge in [0.1, 0.15) is 5.69 Å². The summed E-state index contributed by atoms with van der Waals surface area (Å²) in [6, 6.07) is 1.68. The fourth-order valence-corrected chi connectivity index (χ4v) is 2.34. The van der Waals surface area contributed by atoms with Gasteiger partial charge >= 0.3 is 6.18 Å². The van der Waals surface area contributed by atoms with E-state index in [-0.39, 0.29) is 19.0 Å². The monoisotopic (exact) mass is 290 g/mol. The third kappa shape index (κ3) is 3.50. The number of carbonyl (C=O) groups is 1. The predicted molar refractivity (Wildman–Crippen MR) is 66.3 cm³/mol. The first kappa shape index (κ1) is 14.8. The molecule has 0 spiro atoms. The highest BCUT2D eigenvalue weighted by molar-refractivity contribution is 5.92. The van der Waals surface area contributed by atoms with Crippen LogP contribution in [-0.4, -0.2) is 64.4 Å². The molecule has 1 saturated heterocycles. The van der Waals surface area contributed by atoms with Crippen LogP contribution in [0, 0.1) is 6.92 Å². The number of nitrogens with zero attached hydrogens (tertiary/aromatic N) is 4. The van der Waals surface area contributed by atoms with E-state index in [0.717, 1.165) is 5.69 Å². The Hall–Kier alpha value is -1.57. The third-order valence-electron chi connectivity index (χ3n) is 3.28. The lowest BCUT2D eigenvalue weighted by Gasteiger charge is -2.34. The second-order valence-corrected chi connectivity index (χ2v) is 4.98. The molecular formula is C12H17F3N4O. The lowest BCUT2D eigenvalue weighted by atomic mass is 10.2. The summed E-state index contributed by atoms with van der Waals surface area (Å²) >= 11 is 0. The average molecular weight is 290 g/mol. The van der Waals surface area contributed by atoms with Crippen molar-refractivity contribution in [2.45, 2.75) is 13.1 Å². The van der Waals surface area contributed by atoms with Crippen LogP contribution in [0.25, 0.3) is 0 Å². The molecule has 1 aromatic heterocycles. The van der Waals surface area contributed by atoms with E-state index in [4.69, 9.17) is 0 Å². The first-order valence-corrected chi connectivity index (χ1v) is 6.35. The molecule has 8 heteroatoms. The van der Waals surface area contributed by atoms with Gasteiger partial charge in [-0.1, -0.05) is 0 Å². The molecule has 112 valence electrons. The van der Waals surface area contributed by atoms with Crippen LogP contribution in [0.2, 0.25) is 0 Å². The van der Waals surface area contributed by atoms with Crippen molar-refractivity contribution in [3.8, 4) is 0 Å². The smallest absolute Gasteiger partial charge is 0.335 e.